The van der Waals surface area contributed by atoms with Gasteiger partial charge in [0.2, 0.25) is 0 Å². The van der Waals surface area contributed by atoms with E-state index in [0.717, 1.165) is 6.42 Å². The molecule has 1 aromatic heterocycles. The topological polar surface area (TPSA) is 0 Å². The third kappa shape index (κ3) is 1.23. The molecule has 1 heterocycles. The molecule has 0 nitrogen and oxygen atoms in total. The van der Waals surface area contributed by atoms with Crippen LogP contribution in [-0.2, 0) is 6.42 Å². The molecule has 0 fully saturated rings. The van der Waals surface area contributed by atoms with Crippen LogP contribution in [-0.4, -0.2) is 0 Å². The van der Waals surface area contributed by atoms with Gasteiger partial charge in [-0.3, -0.25) is 0 Å². The summed E-state index contributed by atoms with van der Waals surface area (Å²) >= 11 is 1.94. The number of hydrogen-bond acceptors (Lipinski definition) is 1. The van der Waals surface area contributed by atoms with Crippen molar-refractivity contribution in [3.05, 3.63) is 59.2 Å². The lowest BCUT2D eigenvalue weighted by Gasteiger charge is -2.00. The van der Waals surface area contributed by atoms with Crippen molar-refractivity contribution in [2.45, 2.75) is 13.3 Å². The van der Waals surface area contributed by atoms with Crippen LogP contribution in [0.15, 0.2) is 42.5 Å². The molecule has 1 aliphatic rings. The van der Waals surface area contributed by atoms with Gasteiger partial charge in [0.25, 0.3) is 0 Å². The van der Waals surface area contributed by atoms with E-state index in [1.165, 1.54) is 37.2 Å². The highest BCUT2D eigenvalue weighted by Crippen LogP contribution is 2.46. The fourth-order valence-electron chi connectivity index (χ4n) is 2.74. The molecule has 82 valence electrons. The second kappa shape index (κ2) is 3.21. The highest BCUT2D eigenvalue weighted by molar-refractivity contribution is 7.22. The lowest BCUT2D eigenvalue weighted by molar-refractivity contribution is 1.28. The minimum atomic E-state index is 1.11. The Balaban J connectivity index is 2.09. The van der Waals surface area contributed by atoms with Gasteiger partial charge >= 0.3 is 0 Å². The maximum absolute atomic E-state index is 2.33. The maximum atomic E-state index is 2.33. The average molecular weight is 236 g/mol. The molecule has 0 amide bonds. The Morgan fingerprint density at radius 2 is 1.94 bits per heavy atom. The zero-order chi connectivity index (χ0) is 11.4. The van der Waals surface area contributed by atoms with Gasteiger partial charge in [0.15, 0.2) is 0 Å². The smallest absolute Gasteiger partial charge is 0.0393 e. The molecule has 0 radical (unpaired) electrons. The van der Waals surface area contributed by atoms with Crippen molar-refractivity contribution in [3.8, 4) is 10.4 Å². The van der Waals surface area contributed by atoms with Crippen molar-refractivity contribution in [1.29, 1.82) is 0 Å². The van der Waals surface area contributed by atoms with Crippen LogP contribution in [0.5, 0.6) is 0 Å². The van der Waals surface area contributed by atoms with Gasteiger partial charge in [0.05, 0.1) is 0 Å². The Bertz CT molecular complexity index is 734. The van der Waals surface area contributed by atoms with E-state index in [1.54, 1.807) is 0 Å². The number of thiophene rings is 1. The molecule has 17 heavy (non-hydrogen) atoms. The van der Waals surface area contributed by atoms with Crippen molar-refractivity contribution in [3.63, 3.8) is 0 Å². The fraction of sp³-hybridized carbons (Fsp3) is 0.125. The van der Waals surface area contributed by atoms with E-state index in [1.807, 2.05) is 11.3 Å². The normalized spacial score (nSPS) is 12.8. The zero-order valence-corrected chi connectivity index (χ0v) is 10.5. The number of rotatable bonds is 0. The van der Waals surface area contributed by atoms with Crippen molar-refractivity contribution >= 4 is 21.4 Å². The standard InChI is InChI=1S/C16H12S/c1-10-6-7-11-9-14-12-4-2-3-5-15(12)17-16(14)13(11)8-10/h2-8H,9H2,1H3. The maximum Gasteiger partial charge on any atom is 0.0393 e. The molecule has 0 saturated carbocycles. The molecule has 3 aromatic rings. The summed E-state index contributed by atoms with van der Waals surface area (Å²) in [5, 5.41) is 1.45. The van der Waals surface area contributed by atoms with E-state index in [0.29, 0.717) is 0 Å². The first-order chi connectivity index (χ1) is 8.33. The monoisotopic (exact) mass is 236 g/mol. The summed E-state index contributed by atoms with van der Waals surface area (Å²) in [4.78, 5) is 1.49. The SMILES string of the molecule is Cc1ccc2c(c1)-c1sc3ccccc3c1C2. The summed E-state index contributed by atoms with van der Waals surface area (Å²) in [6.45, 7) is 2.17. The van der Waals surface area contributed by atoms with Crippen LogP contribution in [0.2, 0.25) is 0 Å². The third-order valence-corrected chi connectivity index (χ3v) is 4.82. The van der Waals surface area contributed by atoms with Crippen LogP contribution in [0, 0.1) is 6.92 Å². The summed E-state index contributed by atoms with van der Waals surface area (Å²) in [6, 6.07) is 15.6. The van der Waals surface area contributed by atoms with Crippen molar-refractivity contribution in [2.24, 2.45) is 0 Å². The van der Waals surface area contributed by atoms with Gasteiger partial charge < -0.3 is 0 Å². The van der Waals surface area contributed by atoms with E-state index >= 15 is 0 Å². The van der Waals surface area contributed by atoms with Gasteiger partial charge in [-0.25, -0.2) is 0 Å². The molecule has 0 N–H and O–H groups in total. The van der Waals surface area contributed by atoms with E-state index in [2.05, 4.69) is 49.4 Å². The quantitative estimate of drug-likeness (QED) is 0.412. The van der Waals surface area contributed by atoms with Crippen LogP contribution in [0.1, 0.15) is 16.7 Å². The molecule has 1 heteroatoms. The van der Waals surface area contributed by atoms with Gasteiger partial charge in [-0.1, -0.05) is 42.0 Å². The summed E-state index contributed by atoms with van der Waals surface area (Å²) in [5.41, 5.74) is 5.84. The zero-order valence-electron chi connectivity index (χ0n) is 9.66. The number of fused-ring (bicyclic) bond motifs is 5. The third-order valence-electron chi connectivity index (χ3n) is 3.58. The van der Waals surface area contributed by atoms with Crippen LogP contribution in [0.3, 0.4) is 0 Å². The molecule has 1 aliphatic carbocycles. The highest BCUT2D eigenvalue weighted by Gasteiger charge is 2.22. The minimum Gasteiger partial charge on any atom is -0.135 e. The molecule has 2 aromatic carbocycles. The first kappa shape index (κ1) is 9.43. The van der Waals surface area contributed by atoms with E-state index < -0.39 is 0 Å². The summed E-state index contributed by atoms with van der Waals surface area (Å²) < 4.78 is 1.42. The number of aryl methyl sites for hydroxylation is 1. The molecule has 0 unspecified atom stereocenters. The predicted octanol–water partition coefficient (Wildman–Crippen LogP) is 4.78. The minimum absolute atomic E-state index is 1.11. The van der Waals surface area contributed by atoms with Crippen molar-refractivity contribution in [2.75, 3.05) is 0 Å². The lowest BCUT2D eigenvalue weighted by atomic mass is 10.1. The van der Waals surface area contributed by atoms with Gasteiger partial charge in [0.1, 0.15) is 0 Å². The first-order valence-corrected chi connectivity index (χ1v) is 6.75. The number of hydrogen-bond donors (Lipinski definition) is 0. The lowest BCUT2D eigenvalue weighted by Crippen LogP contribution is -1.81. The molecule has 0 spiro atoms. The summed E-state index contributed by atoms with van der Waals surface area (Å²) in [6.07, 6.45) is 1.11. The Morgan fingerprint density at radius 3 is 2.88 bits per heavy atom. The molecular weight excluding hydrogens is 224 g/mol. The summed E-state index contributed by atoms with van der Waals surface area (Å²) in [7, 11) is 0. The van der Waals surface area contributed by atoms with E-state index in [9.17, 15) is 0 Å². The second-order valence-electron chi connectivity index (χ2n) is 4.74. The van der Waals surface area contributed by atoms with Gasteiger partial charge in [0, 0.05) is 16.0 Å². The molecule has 4 rings (SSSR count). The second-order valence-corrected chi connectivity index (χ2v) is 5.80. The Kier molecular flexibility index (Phi) is 1.78. The average Bonchev–Trinajstić information content (AvgIpc) is 2.85. The fourth-order valence-corrected chi connectivity index (χ4v) is 4.01. The van der Waals surface area contributed by atoms with Crippen molar-refractivity contribution < 1.29 is 0 Å². The van der Waals surface area contributed by atoms with Gasteiger partial charge in [-0.05, 0) is 35.1 Å². The Morgan fingerprint density at radius 1 is 1.06 bits per heavy atom. The van der Waals surface area contributed by atoms with Gasteiger partial charge in [-0.15, -0.1) is 11.3 Å². The molecule has 0 bridgehead atoms. The highest BCUT2D eigenvalue weighted by atomic mass is 32.1. The predicted molar refractivity (Wildman–Crippen MR) is 74.8 cm³/mol. The first-order valence-electron chi connectivity index (χ1n) is 5.93. The van der Waals surface area contributed by atoms with Crippen molar-refractivity contribution in [1.82, 2.24) is 0 Å². The Hall–Kier alpha value is -1.60. The van der Waals surface area contributed by atoms with Crippen LogP contribution >= 0.6 is 11.3 Å². The Labute approximate surface area is 105 Å². The van der Waals surface area contributed by atoms with Crippen LogP contribution < -0.4 is 0 Å². The molecule has 0 saturated heterocycles. The summed E-state index contributed by atoms with van der Waals surface area (Å²) in [5.74, 6) is 0. The van der Waals surface area contributed by atoms with Crippen LogP contribution in [0.4, 0.5) is 0 Å². The van der Waals surface area contributed by atoms with E-state index in [4.69, 9.17) is 0 Å². The number of benzene rings is 2. The molecular formula is C16H12S. The molecule has 0 atom stereocenters. The van der Waals surface area contributed by atoms with Crippen LogP contribution in [0.25, 0.3) is 20.5 Å². The van der Waals surface area contributed by atoms with E-state index in [-0.39, 0.29) is 0 Å². The van der Waals surface area contributed by atoms with Gasteiger partial charge in [-0.2, -0.15) is 0 Å². The molecule has 0 aliphatic heterocycles. The largest absolute Gasteiger partial charge is 0.135 e.